The van der Waals surface area contributed by atoms with Crippen molar-refractivity contribution in [1.82, 2.24) is 9.21 Å². The number of imide groups is 1. The third-order valence-electron chi connectivity index (χ3n) is 7.99. The van der Waals surface area contributed by atoms with Crippen LogP contribution in [0.2, 0.25) is 0 Å². The number of thioether (sulfide) groups is 1. The minimum absolute atomic E-state index is 0.0580. The predicted octanol–water partition coefficient (Wildman–Crippen LogP) is 5.93. The van der Waals surface area contributed by atoms with Crippen molar-refractivity contribution in [2.24, 2.45) is 4.99 Å². The van der Waals surface area contributed by atoms with Gasteiger partial charge in [-0.2, -0.15) is 0 Å². The zero-order chi connectivity index (χ0) is 35.8. The first-order chi connectivity index (χ1) is 23.3. The summed E-state index contributed by atoms with van der Waals surface area (Å²) in [5.74, 6) is -2.25. The summed E-state index contributed by atoms with van der Waals surface area (Å²) in [6.07, 6.45) is 5.69. The summed E-state index contributed by atoms with van der Waals surface area (Å²) in [7, 11) is -4.29. The van der Waals surface area contributed by atoms with E-state index in [1.165, 1.54) is 37.7 Å². The Bertz CT molecular complexity index is 1690. The quantitative estimate of drug-likeness (QED) is 0.149. The Morgan fingerprint density at radius 3 is 2.39 bits per heavy atom. The topological polar surface area (TPSA) is 164 Å². The number of ether oxygens (including phenoxy) is 2. The number of fused-ring (bicyclic) bond motifs is 1. The maximum absolute atomic E-state index is 14.5. The maximum atomic E-state index is 14.5. The molecule has 266 valence electrons. The van der Waals surface area contributed by atoms with E-state index in [1.54, 1.807) is 36.6 Å². The SMILES string of the molecule is CCCCCC(=O)Nc1ccc(SC)c(NC(=O)C(C2=Nc3ccccc3S(=O)(=O)N2CCCOCCCC)N2C(=O)OC(C)(C)C2=O)c1. The molecule has 1 fully saturated rings. The molecule has 0 spiro atoms. The summed E-state index contributed by atoms with van der Waals surface area (Å²) in [5, 5.41) is 5.64. The standard InChI is InChI=1S/C34H45N5O8S2/c1-6-8-10-16-28(40)35-23-17-18-26(48-5)25(22-23)37-31(41)29(39-32(42)34(3,4)47-33(39)43)30-36-24-14-11-12-15-27(24)49(44,45)38(30)19-13-21-46-20-9-7-2/h11-12,14-15,17-18,22,29H,6-10,13,16,19-21H2,1-5H3,(H,35,40)(H,37,41). The van der Waals surface area contributed by atoms with Crippen LogP contribution in [0.15, 0.2) is 57.2 Å². The Morgan fingerprint density at radius 2 is 1.71 bits per heavy atom. The highest BCUT2D eigenvalue weighted by atomic mass is 32.2. The lowest BCUT2D eigenvalue weighted by molar-refractivity contribution is -0.137. The van der Waals surface area contributed by atoms with Crippen molar-refractivity contribution >= 4 is 68.5 Å². The number of benzene rings is 2. The molecule has 15 heteroatoms. The van der Waals surface area contributed by atoms with Gasteiger partial charge in [-0.25, -0.2) is 23.1 Å². The van der Waals surface area contributed by atoms with Gasteiger partial charge in [0.2, 0.25) is 5.91 Å². The van der Waals surface area contributed by atoms with Gasteiger partial charge in [0.25, 0.3) is 21.8 Å². The Balaban J connectivity index is 1.77. The van der Waals surface area contributed by atoms with Crippen molar-refractivity contribution in [3.05, 3.63) is 42.5 Å². The molecule has 2 aromatic rings. The number of hydrogen-bond acceptors (Lipinski definition) is 10. The summed E-state index contributed by atoms with van der Waals surface area (Å²) in [4.78, 5) is 59.8. The number of anilines is 2. The van der Waals surface area contributed by atoms with Gasteiger partial charge in [-0.1, -0.05) is 45.2 Å². The average molecular weight is 716 g/mol. The number of cyclic esters (lactones) is 1. The third kappa shape index (κ3) is 8.81. The number of carbonyl (C=O) groups is 4. The zero-order valence-electron chi connectivity index (χ0n) is 28.6. The van der Waals surface area contributed by atoms with Crippen LogP contribution in [-0.2, 0) is 33.9 Å². The highest BCUT2D eigenvalue weighted by molar-refractivity contribution is 7.98. The van der Waals surface area contributed by atoms with Gasteiger partial charge < -0.3 is 20.1 Å². The molecule has 1 atom stereocenters. The van der Waals surface area contributed by atoms with Gasteiger partial charge in [-0.15, -0.1) is 11.8 Å². The average Bonchev–Trinajstić information content (AvgIpc) is 3.25. The van der Waals surface area contributed by atoms with E-state index in [0.29, 0.717) is 28.5 Å². The van der Waals surface area contributed by atoms with Gasteiger partial charge in [0.15, 0.2) is 17.5 Å². The first-order valence-corrected chi connectivity index (χ1v) is 19.2. The molecular formula is C34H45N5O8S2. The van der Waals surface area contributed by atoms with Crippen molar-refractivity contribution in [3.8, 4) is 0 Å². The summed E-state index contributed by atoms with van der Waals surface area (Å²) >= 11 is 1.32. The lowest BCUT2D eigenvalue weighted by Crippen LogP contribution is -2.59. The number of sulfonamides is 1. The number of rotatable bonds is 17. The fourth-order valence-electron chi connectivity index (χ4n) is 5.38. The molecule has 0 saturated carbocycles. The van der Waals surface area contributed by atoms with Crippen LogP contribution in [0, 0.1) is 0 Å². The molecular weight excluding hydrogens is 671 g/mol. The van der Waals surface area contributed by atoms with E-state index >= 15 is 0 Å². The third-order valence-corrected chi connectivity index (χ3v) is 10.6. The second-order valence-electron chi connectivity index (χ2n) is 12.2. The first-order valence-electron chi connectivity index (χ1n) is 16.5. The van der Waals surface area contributed by atoms with Crippen LogP contribution in [-0.4, -0.2) is 84.9 Å². The van der Waals surface area contributed by atoms with Gasteiger partial charge in [0, 0.05) is 36.8 Å². The van der Waals surface area contributed by atoms with E-state index < -0.39 is 39.6 Å². The van der Waals surface area contributed by atoms with E-state index in [4.69, 9.17) is 9.47 Å². The second-order valence-corrected chi connectivity index (χ2v) is 14.9. The summed E-state index contributed by atoms with van der Waals surface area (Å²) in [6.45, 7) is 7.47. The van der Waals surface area contributed by atoms with Crippen molar-refractivity contribution in [1.29, 1.82) is 0 Å². The van der Waals surface area contributed by atoms with E-state index in [-0.39, 0.29) is 47.6 Å². The molecule has 0 radical (unpaired) electrons. The lowest BCUT2D eigenvalue weighted by Gasteiger charge is -2.35. The van der Waals surface area contributed by atoms with Crippen molar-refractivity contribution in [2.45, 2.75) is 94.1 Å². The number of hydrogen-bond donors (Lipinski definition) is 2. The minimum Gasteiger partial charge on any atom is -0.433 e. The molecule has 1 unspecified atom stereocenters. The molecule has 2 heterocycles. The molecule has 0 bridgehead atoms. The van der Waals surface area contributed by atoms with Crippen LogP contribution in [0.1, 0.15) is 72.6 Å². The molecule has 4 amide bonds. The van der Waals surface area contributed by atoms with E-state index in [9.17, 15) is 27.6 Å². The van der Waals surface area contributed by atoms with Crippen molar-refractivity contribution in [2.75, 3.05) is 36.6 Å². The predicted molar refractivity (Wildman–Crippen MR) is 189 cm³/mol. The van der Waals surface area contributed by atoms with Gasteiger partial charge in [0.1, 0.15) is 4.90 Å². The van der Waals surface area contributed by atoms with Crippen LogP contribution in [0.5, 0.6) is 0 Å². The van der Waals surface area contributed by atoms with Gasteiger partial charge >= 0.3 is 6.09 Å². The number of aliphatic imine (C=N–C) groups is 1. The number of carbonyl (C=O) groups excluding carboxylic acids is 4. The summed E-state index contributed by atoms with van der Waals surface area (Å²) in [6, 6.07) is 9.23. The highest BCUT2D eigenvalue weighted by Crippen LogP contribution is 2.36. The molecule has 2 aliphatic rings. The number of para-hydroxylation sites is 1. The van der Waals surface area contributed by atoms with E-state index in [2.05, 4.69) is 15.6 Å². The Morgan fingerprint density at radius 1 is 1.00 bits per heavy atom. The Labute approximate surface area is 292 Å². The molecule has 4 rings (SSSR count). The molecule has 1 saturated heterocycles. The molecule has 2 N–H and O–H groups in total. The van der Waals surface area contributed by atoms with Crippen LogP contribution in [0.4, 0.5) is 21.9 Å². The monoisotopic (exact) mass is 715 g/mol. The fraction of sp³-hybridized carbons (Fsp3) is 0.500. The first kappa shape index (κ1) is 37.9. The van der Waals surface area contributed by atoms with Gasteiger partial charge in [-0.05, 0) is 69.7 Å². The number of amides is 4. The maximum Gasteiger partial charge on any atom is 0.418 e. The molecule has 2 aromatic carbocycles. The Hall–Kier alpha value is -3.95. The van der Waals surface area contributed by atoms with Gasteiger partial charge in [0.05, 0.1) is 11.4 Å². The number of nitrogens with one attached hydrogen (secondary N) is 2. The normalized spacial score (nSPS) is 16.9. The van der Waals surface area contributed by atoms with Crippen molar-refractivity contribution < 1.29 is 37.1 Å². The molecule has 13 nitrogen and oxygen atoms in total. The lowest BCUT2D eigenvalue weighted by atomic mass is 10.1. The van der Waals surface area contributed by atoms with Gasteiger partial charge in [-0.3, -0.25) is 18.7 Å². The van der Waals surface area contributed by atoms with Crippen LogP contribution in [0.25, 0.3) is 0 Å². The minimum atomic E-state index is -4.29. The number of unbranched alkanes of at least 4 members (excludes halogenated alkanes) is 3. The van der Waals surface area contributed by atoms with Crippen LogP contribution >= 0.6 is 11.8 Å². The van der Waals surface area contributed by atoms with Crippen LogP contribution < -0.4 is 10.6 Å². The number of amidine groups is 1. The van der Waals surface area contributed by atoms with E-state index in [1.807, 2.05) is 13.8 Å². The summed E-state index contributed by atoms with van der Waals surface area (Å²) < 4.78 is 40.2. The summed E-state index contributed by atoms with van der Waals surface area (Å²) in [5.41, 5.74) is -0.849. The van der Waals surface area contributed by atoms with Crippen molar-refractivity contribution in [3.63, 3.8) is 0 Å². The Kier molecular flexibility index (Phi) is 12.9. The van der Waals surface area contributed by atoms with Crippen LogP contribution in [0.3, 0.4) is 0 Å². The van der Waals surface area contributed by atoms with E-state index in [0.717, 1.165) is 36.4 Å². The fourth-order valence-corrected chi connectivity index (χ4v) is 7.54. The molecule has 2 aliphatic heterocycles. The molecule has 0 aromatic heterocycles. The highest BCUT2D eigenvalue weighted by Gasteiger charge is 2.55. The number of nitrogens with zero attached hydrogens (tertiary/aromatic N) is 3. The molecule has 49 heavy (non-hydrogen) atoms. The smallest absolute Gasteiger partial charge is 0.418 e. The molecule has 0 aliphatic carbocycles. The largest absolute Gasteiger partial charge is 0.433 e. The second kappa shape index (κ2) is 16.6. The zero-order valence-corrected chi connectivity index (χ0v) is 30.2.